The van der Waals surface area contributed by atoms with Crippen LogP contribution in [0.2, 0.25) is 0 Å². The molecule has 0 fully saturated rings. The molecule has 0 amide bonds. The number of nitrogens with zero attached hydrogens (tertiary/aromatic N) is 1. The van der Waals surface area contributed by atoms with Gasteiger partial charge in [0.15, 0.2) is 5.58 Å². The number of hydrogen-bond acceptors (Lipinski definition) is 5. The molecule has 2 heterocycles. The first kappa shape index (κ1) is 20.1. The van der Waals surface area contributed by atoms with Crippen molar-refractivity contribution in [2.75, 3.05) is 6.61 Å². The van der Waals surface area contributed by atoms with Crippen molar-refractivity contribution in [1.82, 2.24) is 4.57 Å². The van der Waals surface area contributed by atoms with Crippen molar-refractivity contribution in [3.8, 4) is 0 Å². The third-order valence-electron chi connectivity index (χ3n) is 5.04. The first-order valence-corrected chi connectivity index (χ1v) is 10.2. The summed E-state index contributed by atoms with van der Waals surface area (Å²) in [5, 5.41) is 1.11. The summed E-state index contributed by atoms with van der Waals surface area (Å²) < 4.78 is 12.7. The lowest BCUT2D eigenvalue weighted by Gasteiger charge is -2.09. The summed E-state index contributed by atoms with van der Waals surface area (Å²) in [5.41, 5.74) is 2.23. The predicted molar refractivity (Wildman–Crippen MR) is 117 cm³/mol. The van der Waals surface area contributed by atoms with Crippen LogP contribution in [0.15, 0.2) is 56.1 Å². The molecular formula is C23H18BrNO5. The molecule has 0 bridgehead atoms. The number of halogens is 1. The second-order valence-electron chi connectivity index (χ2n) is 6.89. The van der Waals surface area contributed by atoms with Crippen molar-refractivity contribution in [3.05, 3.63) is 79.7 Å². The fourth-order valence-electron chi connectivity index (χ4n) is 3.80. The van der Waals surface area contributed by atoms with Gasteiger partial charge in [-0.1, -0.05) is 18.2 Å². The Bertz CT molecular complexity index is 1380. The Morgan fingerprint density at radius 1 is 1.10 bits per heavy atom. The van der Waals surface area contributed by atoms with Crippen molar-refractivity contribution in [2.24, 2.45) is 0 Å². The smallest absolute Gasteiger partial charge is 0.340 e. The van der Waals surface area contributed by atoms with E-state index in [9.17, 15) is 14.4 Å². The lowest BCUT2D eigenvalue weighted by Crippen LogP contribution is -2.14. The Hall–Kier alpha value is -3.19. The quantitative estimate of drug-likeness (QED) is 0.313. The number of benzene rings is 2. The van der Waals surface area contributed by atoms with Crippen molar-refractivity contribution < 1.29 is 18.7 Å². The molecule has 0 aliphatic heterocycles. The molecule has 0 aliphatic carbocycles. The van der Waals surface area contributed by atoms with Crippen LogP contribution in [0.3, 0.4) is 0 Å². The monoisotopic (exact) mass is 467 g/mol. The van der Waals surface area contributed by atoms with Crippen LogP contribution in [0.5, 0.6) is 0 Å². The largest absolute Gasteiger partial charge is 0.462 e. The summed E-state index contributed by atoms with van der Waals surface area (Å²) in [7, 11) is 0. The van der Waals surface area contributed by atoms with E-state index in [4.69, 9.17) is 9.15 Å². The van der Waals surface area contributed by atoms with Crippen LogP contribution in [0.1, 0.15) is 38.9 Å². The molecule has 2 aromatic carbocycles. The maximum absolute atomic E-state index is 13.4. The van der Waals surface area contributed by atoms with Gasteiger partial charge in [-0.05, 0) is 60.5 Å². The highest BCUT2D eigenvalue weighted by molar-refractivity contribution is 9.10. The minimum atomic E-state index is -0.533. The van der Waals surface area contributed by atoms with Gasteiger partial charge in [-0.2, -0.15) is 0 Å². The molecule has 0 unspecified atom stereocenters. The van der Waals surface area contributed by atoms with Gasteiger partial charge >= 0.3 is 11.6 Å². The fraction of sp³-hybridized carbons (Fsp3) is 0.174. The molecule has 0 radical (unpaired) electrons. The van der Waals surface area contributed by atoms with E-state index in [1.807, 2.05) is 6.07 Å². The van der Waals surface area contributed by atoms with Gasteiger partial charge < -0.3 is 9.15 Å². The normalized spacial score (nSPS) is 11.2. The molecule has 0 saturated carbocycles. The standard InChI is InChI=1S/C23H18BrNO5/c1-4-29-23(28)19-13(3)25(22(27)14-8-6-5-7-9-14)16-11-15(24)21-18(20(16)19)12(2)10-17(26)30-21/h5-11H,4H2,1-3H3. The third-order valence-corrected chi connectivity index (χ3v) is 5.63. The number of carbonyl (C=O) groups excluding carboxylic acids is 2. The fourth-order valence-corrected chi connectivity index (χ4v) is 4.30. The molecule has 0 atom stereocenters. The van der Waals surface area contributed by atoms with E-state index in [0.29, 0.717) is 43.2 Å². The van der Waals surface area contributed by atoms with E-state index >= 15 is 0 Å². The van der Waals surface area contributed by atoms with Crippen LogP contribution in [0.4, 0.5) is 0 Å². The van der Waals surface area contributed by atoms with Gasteiger partial charge in [-0.3, -0.25) is 9.36 Å². The lowest BCUT2D eigenvalue weighted by atomic mass is 10.0. The van der Waals surface area contributed by atoms with Crippen LogP contribution in [-0.4, -0.2) is 23.1 Å². The molecule has 4 aromatic rings. The topological polar surface area (TPSA) is 78.5 Å². The van der Waals surface area contributed by atoms with E-state index in [-0.39, 0.29) is 18.1 Å². The first-order chi connectivity index (χ1) is 14.3. The maximum atomic E-state index is 13.4. The highest BCUT2D eigenvalue weighted by atomic mass is 79.9. The Balaban J connectivity index is 2.20. The van der Waals surface area contributed by atoms with E-state index in [1.165, 1.54) is 10.6 Å². The van der Waals surface area contributed by atoms with Crippen LogP contribution < -0.4 is 5.63 Å². The summed E-state index contributed by atoms with van der Waals surface area (Å²) in [6.07, 6.45) is 0. The zero-order valence-electron chi connectivity index (χ0n) is 16.6. The average Bonchev–Trinajstić information content (AvgIpc) is 2.99. The lowest BCUT2D eigenvalue weighted by molar-refractivity contribution is 0.0528. The summed E-state index contributed by atoms with van der Waals surface area (Å²) >= 11 is 3.45. The molecule has 2 aromatic heterocycles. The van der Waals surface area contributed by atoms with Crippen molar-refractivity contribution in [2.45, 2.75) is 20.8 Å². The molecule has 30 heavy (non-hydrogen) atoms. The van der Waals surface area contributed by atoms with Gasteiger partial charge in [0.1, 0.15) is 0 Å². The minimum Gasteiger partial charge on any atom is -0.462 e. The Labute approximate surface area is 180 Å². The highest BCUT2D eigenvalue weighted by Gasteiger charge is 2.28. The summed E-state index contributed by atoms with van der Waals surface area (Å²) in [5.74, 6) is -0.802. The molecule has 7 heteroatoms. The van der Waals surface area contributed by atoms with Crippen LogP contribution in [-0.2, 0) is 4.74 Å². The molecule has 0 N–H and O–H groups in total. The van der Waals surface area contributed by atoms with Gasteiger partial charge in [-0.25, -0.2) is 9.59 Å². The second-order valence-corrected chi connectivity index (χ2v) is 7.75. The molecule has 0 spiro atoms. The number of fused-ring (bicyclic) bond motifs is 3. The van der Waals surface area contributed by atoms with E-state index < -0.39 is 11.6 Å². The average molecular weight is 468 g/mol. The number of aryl methyl sites for hydroxylation is 1. The van der Waals surface area contributed by atoms with Gasteiger partial charge in [0.2, 0.25) is 0 Å². The van der Waals surface area contributed by atoms with Crippen LogP contribution >= 0.6 is 15.9 Å². The van der Waals surface area contributed by atoms with Gasteiger partial charge in [0.05, 0.1) is 22.2 Å². The van der Waals surface area contributed by atoms with Crippen molar-refractivity contribution in [3.63, 3.8) is 0 Å². The molecule has 4 rings (SSSR count). The SMILES string of the molecule is CCOC(=O)c1c(C)n(C(=O)c2ccccc2)c2cc(Br)c3oc(=O)cc(C)c3c12. The minimum absolute atomic E-state index is 0.195. The Kier molecular flexibility index (Phi) is 5.07. The second kappa shape index (κ2) is 7.57. The van der Waals surface area contributed by atoms with Gasteiger partial charge in [0.25, 0.3) is 5.91 Å². The molecular weight excluding hydrogens is 450 g/mol. The van der Waals surface area contributed by atoms with E-state index in [0.717, 1.165) is 0 Å². The first-order valence-electron chi connectivity index (χ1n) is 9.40. The van der Waals surface area contributed by atoms with Crippen molar-refractivity contribution >= 4 is 49.7 Å². The molecule has 152 valence electrons. The van der Waals surface area contributed by atoms with Gasteiger partial charge in [-0.15, -0.1) is 0 Å². The zero-order chi connectivity index (χ0) is 21.6. The number of ether oxygens (including phenoxy) is 1. The van der Waals surface area contributed by atoms with Crippen molar-refractivity contribution in [1.29, 1.82) is 0 Å². The highest BCUT2D eigenvalue weighted by Crippen LogP contribution is 2.38. The van der Waals surface area contributed by atoms with Gasteiger partial charge in [0, 0.05) is 28.1 Å². The zero-order valence-corrected chi connectivity index (χ0v) is 18.2. The number of hydrogen-bond donors (Lipinski definition) is 0. The summed E-state index contributed by atoms with van der Waals surface area (Å²) in [6, 6.07) is 11.9. The van der Waals surface area contributed by atoms with E-state index in [1.54, 1.807) is 51.1 Å². The predicted octanol–water partition coefficient (Wildman–Crippen LogP) is 4.99. The summed E-state index contributed by atoms with van der Waals surface area (Å²) in [4.78, 5) is 38.2. The maximum Gasteiger partial charge on any atom is 0.340 e. The van der Waals surface area contributed by atoms with Crippen LogP contribution in [0.25, 0.3) is 21.9 Å². The number of rotatable bonds is 3. The number of carbonyl (C=O) groups is 2. The molecule has 0 aliphatic rings. The number of aromatic nitrogens is 1. The Morgan fingerprint density at radius 3 is 2.47 bits per heavy atom. The number of esters is 1. The molecule has 0 saturated heterocycles. The third kappa shape index (κ3) is 3.06. The summed E-state index contributed by atoms with van der Waals surface area (Å²) in [6.45, 7) is 5.40. The Morgan fingerprint density at radius 2 is 1.80 bits per heavy atom. The van der Waals surface area contributed by atoms with E-state index in [2.05, 4.69) is 15.9 Å². The molecule has 6 nitrogen and oxygen atoms in total. The van der Waals surface area contributed by atoms with Crippen LogP contribution in [0, 0.1) is 13.8 Å².